The molecule has 0 aromatic carbocycles. The van der Waals surface area contributed by atoms with E-state index in [0.29, 0.717) is 0 Å². The fraction of sp³-hybridized carbons (Fsp3) is 0.900. The van der Waals surface area contributed by atoms with Gasteiger partial charge in [-0.2, -0.15) is 0 Å². The molecule has 0 N–H and O–H groups in total. The van der Waals surface area contributed by atoms with Crippen molar-refractivity contribution in [2.45, 2.75) is 71.6 Å². The summed E-state index contributed by atoms with van der Waals surface area (Å²) < 4.78 is 11.3. The van der Waals surface area contributed by atoms with Crippen molar-refractivity contribution in [2.24, 2.45) is 23.7 Å². The Morgan fingerprint density at radius 2 is 1.32 bits per heavy atom. The van der Waals surface area contributed by atoms with Crippen molar-refractivity contribution in [1.82, 2.24) is 0 Å². The summed E-state index contributed by atoms with van der Waals surface area (Å²) in [5.41, 5.74) is 0. The Bertz CT molecular complexity index is 297. The van der Waals surface area contributed by atoms with Gasteiger partial charge >= 0.3 is 0 Å². The first kappa shape index (κ1) is 17.8. The van der Waals surface area contributed by atoms with Gasteiger partial charge < -0.3 is 9.47 Å². The van der Waals surface area contributed by atoms with Crippen LogP contribution in [0.15, 0.2) is 12.3 Å². The van der Waals surface area contributed by atoms with E-state index in [1.807, 2.05) is 6.26 Å². The average Bonchev–Trinajstić information content (AvgIpc) is 2.58. The third-order valence-electron chi connectivity index (χ3n) is 5.77. The molecule has 0 unspecified atom stereocenters. The molecule has 0 aromatic rings. The van der Waals surface area contributed by atoms with Crippen LogP contribution in [0.1, 0.15) is 71.6 Å². The molecule has 2 saturated carbocycles. The molecule has 2 aliphatic rings. The third kappa shape index (κ3) is 5.95. The van der Waals surface area contributed by atoms with Crippen molar-refractivity contribution in [3.05, 3.63) is 12.3 Å². The van der Waals surface area contributed by atoms with E-state index in [2.05, 4.69) is 19.9 Å². The lowest BCUT2D eigenvalue weighted by molar-refractivity contribution is 0.0668. The fourth-order valence-electron chi connectivity index (χ4n) is 4.29. The van der Waals surface area contributed by atoms with Crippen LogP contribution in [0.25, 0.3) is 0 Å². The lowest BCUT2D eigenvalue weighted by Crippen LogP contribution is -2.28. The Hall–Kier alpha value is -0.500. The number of ether oxygens (including phenoxy) is 2. The number of hydrogen-bond acceptors (Lipinski definition) is 2. The highest BCUT2D eigenvalue weighted by atomic mass is 16.5. The maximum absolute atomic E-state index is 5.65. The molecule has 0 aromatic heterocycles. The third-order valence-corrected chi connectivity index (χ3v) is 5.77. The minimum atomic E-state index is 0.798. The van der Waals surface area contributed by atoms with Crippen molar-refractivity contribution >= 4 is 0 Å². The van der Waals surface area contributed by atoms with E-state index in [-0.39, 0.29) is 0 Å². The summed E-state index contributed by atoms with van der Waals surface area (Å²) in [6.07, 6.45) is 16.4. The lowest BCUT2D eigenvalue weighted by atomic mass is 9.69. The van der Waals surface area contributed by atoms with E-state index in [0.717, 1.165) is 49.9 Å². The van der Waals surface area contributed by atoms with E-state index in [4.69, 9.17) is 9.47 Å². The molecular formula is C20H36O2. The molecule has 0 spiro atoms. The number of hydrogen-bond donors (Lipinski definition) is 0. The van der Waals surface area contributed by atoms with Crippen LogP contribution >= 0.6 is 0 Å². The van der Waals surface area contributed by atoms with Crippen molar-refractivity contribution in [1.29, 1.82) is 0 Å². The van der Waals surface area contributed by atoms with Gasteiger partial charge in [-0.15, -0.1) is 0 Å². The van der Waals surface area contributed by atoms with Crippen LogP contribution in [0.2, 0.25) is 0 Å². The highest BCUT2D eigenvalue weighted by Crippen LogP contribution is 2.41. The SMILES string of the molecule is CC/C=C\OCC1CCC(C2CCC(COCC)CC2)CC1. The highest BCUT2D eigenvalue weighted by molar-refractivity contribution is 4.82. The molecule has 0 saturated heterocycles. The summed E-state index contributed by atoms with van der Waals surface area (Å²) >= 11 is 0. The fourth-order valence-corrected chi connectivity index (χ4v) is 4.29. The molecule has 2 heteroatoms. The van der Waals surface area contributed by atoms with Gasteiger partial charge in [-0.05, 0) is 88.4 Å². The molecule has 2 nitrogen and oxygen atoms in total. The highest BCUT2D eigenvalue weighted by Gasteiger charge is 2.30. The van der Waals surface area contributed by atoms with Gasteiger partial charge in [0.15, 0.2) is 0 Å². The van der Waals surface area contributed by atoms with Crippen LogP contribution in [-0.4, -0.2) is 19.8 Å². The first-order chi connectivity index (χ1) is 10.8. The zero-order valence-corrected chi connectivity index (χ0v) is 14.8. The molecule has 0 bridgehead atoms. The van der Waals surface area contributed by atoms with Gasteiger partial charge in [0.05, 0.1) is 12.9 Å². The summed E-state index contributed by atoms with van der Waals surface area (Å²) in [4.78, 5) is 0. The van der Waals surface area contributed by atoms with E-state index in [1.54, 1.807) is 0 Å². The molecule has 0 radical (unpaired) electrons. The monoisotopic (exact) mass is 308 g/mol. The summed E-state index contributed by atoms with van der Waals surface area (Å²) in [7, 11) is 0. The molecular weight excluding hydrogens is 272 g/mol. The molecule has 0 heterocycles. The Morgan fingerprint density at radius 3 is 1.82 bits per heavy atom. The molecule has 0 amide bonds. The maximum Gasteiger partial charge on any atom is 0.0901 e. The quantitative estimate of drug-likeness (QED) is 0.545. The summed E-state index contributed by atoms with van der Waals surface area (Å²) in [5.74, 6) is 3.63. The van der Waals surface area contributed by atoms with Gasteiger partial charge in [-0.3, -0.25) is 0 Å². The van der Waals surface area contributed by atoms with Crippen LogP contribution < -0.4 is 0 Å². The Labute approximate surface area is 137 Å². The second kappa shape index (κ2) is 10.3. The Kier molecular flexibility index (Phi) is 8.36. The smallest absolute Gasteiger partial charge is 0.0901 e. The normalized spacial score (nSPS) is 33.2. The van der Waals surface area contributed by atoms with Crippen LogP contribution in [0.4, 0.5) is 0 Å². The van der Waals surface area contributed by atoms with Gasteiger partial charge in [-0.25, -0.2) is 0 Å². The Balaban J connectivity index is 1.60. The molecule has 2 aliphatic carbocycles. The van der Waals surface area contributed by atoms with Crippen LogP contribution in [0.3, 0.4) is 0 Å². The molecule has 0 atom stereocenters. The first-order valence-corrected chi connectivity index (χ1v) is 9.67. The predicted molar refractivity (Wildman–Crippen MR) is 92.8 cm³/mol. The van der Waals surface area contributed by atoms with Gasteiger partial charge in [0.1, 0.15) is 0 Å². The second-order valence-corrected chi connectivity index (χ2v) is 7.33. The zero-order chi connectivity index (χ0) is 15.6. The van der Waals surface area contributed by atoms with Crippen molar-refractivity contribution in [3.63, 3.8) is 0 Å². The number of rotatable bonds is 8. The molecule has 22 heavy (non-hydrogen) atoms. The van der Waals surface area contributed by atoms with E-state index in [9.17, 15) is 0 Å². The van der Waals surface area contributed by atoms with Gasteiger partial charge in [0.25, 0.3) is 0 Å². The lowest BCUT2D eigenvalue weighted by Gasteiger charge is -2.37. The summed E-state index contributed by atoms with van der Waals surface area (Å²) in [6.45, 7) is 7.06. The zero-order valence-electron chi connectivity index (χ0n) is 14.8. The minimum Gasteiger partial charge on any atom is -0.501 e. The van der Waals surface area contributed by atoms with Crippen LogP contribution in [0.5, 0.6) is 0 Å². The standard InChI is InChI=1S/C20H36O2/c1-3-5-14-22-16-18-8-12-20(13-9-18)19-10-6-17(7-11-19)15-21-4-2/h5,14,17-20H,3-4,6-13,15-16H2,1-2H3/b14-5-. The van der Waals surface area contributed by atoms with Gasteiger partial charge in [0, 0.05) is 13.2 Å². The van der Waals surface area contributed by atoms with Gasteiger partial charge in [-0.1, -0.05) is 13.0 Å². The maximum atomic E-state index is 5.65. The van der Waals surface area contributed by atoms with Crippen molar-refractivity contribution in [3.8, 4) is 0 Å². The topological polar surface area (TPSA) is 18.5 Å². The second-order valence-electron chi connectivity index (χ2n) is 7.33. The van der Waals surface area contributed by atoms with E-state index < -0.39 is 0 Å². The van der Waals surface area contributed by atoms with Gasteiger partial charge in [0.2, 0.25) is 0 Å². The van der Waals surface area contributed by atoms with Crippen molar-refractivity contribution < 1.29 is 9.47 Å². The van der Waals surface area contributed by atoms with Crippen molar-refractivity contribution in [2.75, 3.05) is 19.8 Å². The minimum absolute atomic E-state index is 0.798. The predicted octanol–water partition coefficient (Wildman–Crippen LogP) is 5.58. The van der Waals surface area contributed by atoms with Crippen LogP contribution in [0, 0.1) is 23.7 Å². The number of allylic oxidation sites excluding steroid dienone is 1. The molecule has 128 valence electrons. The first-order valence-electron chi connectivity index (χ1n) is 9.67. The molecule has 2 rings (SSSR count). The van der Waals surface area contributed by atoms with E-state index >= 15 is 0 Å². The summed E-state index contributed by atoms with van der Waals surface area (Å²) in [5, 5.41) is 0. The molecule has 0 aliphatic heterocycles. The molecule has 2 fully saturated rings. The largest absolute Gasteiger partial charge is 0.501 e. The Morgan fingerprint density at radius 1 is 0.773 bits per heavy atom. The van der Waals surface area contributed by atoms with E-state index in [1.165, 1.54) is 51.4 Å². The summed E-state index contributed by atoms with van der Waals surface area (Å²) in [6, 6.07) is 0. The van der Waals surface area contributed by atoms with Crippen LogP contribution in [-0.2, 0) is 9.47 Å². The average molecular weight is 309 g/mol.